The first-order valence-corrected chi connectivity index (χ1v) is 11.6. The van der Waals surface area contributed by atoms with Crippen LogP contribution in [0.25, 0.3) is 22.2 Å². The summed E-state index contributed by atoms with van der Waals surface area (Å²) >= 11 is 5.98. The molecule has 1 aliphatic rings. The number of nitrogens with zero attached hydrogens (tertiary/aromatic N) is 5. The Hall–Kier alpha value is -3.65. The number of piperazine rings is 1. The summed E-state index contributed by atoms with van der Waals surface area (Å²) in [5.74, 6) is 0.00727. The summed E-state index contributed by atoms with van der Waals surface area (Å²) in [4.78, 5) is 30.1. The van der Waals surface area contributed by atoms with Crippen molar-refractivity contribution in [3.63, 3.8) is 0 Å². The smallest absolute Gasteiger partial charge is 0.279 e. The summed E-state index contributed by atoms with van der Waals surface area (Å²) in [6, 6.07) is 17.2. The van der Waals surface area contributed by atoms with Crippen molar-refractivity contribution in [1.82, 2.24) is 19.8 Å². The number of carbonyl (C=O) groups excluding carboxylic acids is 1. The van der Waals surface area contributed by atoms with Gasteiger partial charge in [0.05, 0.1) is 12.2 Å². The van der Waals surface area contributed by atoms with Gasteiger partial charge in [-0.15, -0.1) is 0 Å². The molecule has 1 amide bonds. The second-order valence-corrected chi connectivity index (χ2v) is 8.75. The van der Waals surface area contributed by atoms with Crippen molar-refractivity contribution >= 4 is 34.2 Å². The third kappa shape index (κ3) is 4.28. The second-order valence-electron chi connectivity index (χ2n) is 8.31. The minimum Gasteiger partial charge on any atom is -0.368 e. The Labute approximate surface area is 201 Å². The minimum atomic E-state index is -0.297. The molecule has 0 bridgehead atoms. The van der Waals surface area contributed by atoms with Crippen LogP contribution in [0.4, 0.5) is 5.69 Å². The van der Waals surface area contributed by atoms with E-state index in [1.54, 1.807) is 6.92 Å². The average molecular weight is 478 g/mol. The Morgan fingerprint density at radius 3 is 2.44 bits per heavy atom. The van der Waals surface area contributed by atoms with E-state index in [2.05, 4.69) is 15.2 Å². The van der Waals surface area contributed by atoms with Crippen molar-refractivity contribution in [2.75, 3.05) is 31.1 Å². The molecule has 5 rings (SSSR count). The molecular weight excluding hydrogens is 454 g/mol. The molecule has 1 aliphatic heterocycles. The van der Waals surface area contributed by atoms with Crippen molar-refractivity contribution in [1.29, 1.82) is 0 Å². The van der Waals surface area contributed by atoms with Gasteiger partial charge in [0.2, 0.25) is 11.5 Å². The lowest BCUT2D eigenvalue weighted by Crippen LogP contribution is -2.49. The number of halogens is 1. The molecular formula is C25H24ClN5O3. The number of hydrogen-bond donors (Lipinski definition) is 0. The molecule has 1 saturated heterocycles. The summed E-state index contributed by atoms with van der Waals surface area (Å²) in [6.07, 6.45) is 0.192. The molecule has 4 aromatic rings. The molecule has 8 nitrogen and oxygen atoms in total. The Bertz CT molecular complexity index is 1370. The van der Waals surface area contributed by atoms with Crippen LogP contribution < -0.4 is 10.5 Å². The molecule has 0 spiro atoms. The molecule has 0 N–H and O–H groups in total. The van der Waals surface area contributed by atoms with E-state index in [0.717, 1.165) is 24.3 Å². The normalized spacial score (nSPS) is 14.1. The number of anilines is 1. The molecule has 34 heavy (non-hydrogen) atoms. The zero-order chi connectivity index (χ0) is 23.7. The van der Waals surface area contributed by atoms with Crippen LogP contribution in [0, 0.1) is 6.92 Å². The third-order valence-corrected chi connectivity index (χ3v) is 6.41. The number of rotatable bonds is 5. The SMILES string of the molecule is Cc1noc2c(-c3ccccc3)nn(CCC(=O)N3CCN(c4ccc(Cl)cc4)CC3)c(=O)c12. The Morgan fingerprint density at radius 2 is 1.74 bits per heavy atom. The molecule has 174 valence electrons. The fraction of sp³-hybridized carbons (Fsp3) is 0.280. The van der Waals surface area contributed by atoms with Crippen LogP contribution in [0.3, 0.4) is 0 Å². The molecule has 0 saturated carbocycles. The minimum absolute atomic E-state index is 0.00727. The summed E-state index contributed by atoms with van der Waals surface area (Å²) in [6.45, 7) is 4.67. The van der Waals surface area contributed by atoms with Crippen LogP contribution in [-0.4, -0.2) is 51.9 Å². The Kier molecular flexibility index (Phi) is 6.06. The summed E-state index contributed by atoms with van der Waals surface area (Å²) < 4.78 is 6.79. The van der Waals surface area contributed by atoms with Crippen LogP contribution in [0.1, 0.15) is 12.1 Å². The van der Waals surface area contributed by atoms with Crippen LogP contribution in [-0.2, 0) is 11.3 Å². The topological polar surface area (TPSA) is 84.5 Å². The quantitative estimate of drug-likeness (QED) is 0.435. The number of fused-ring (bicyclic) bond motifs is 1. The zero-order valence-corrected chi connectivity index (χ0v) is 19.5. The highest BCUT2D eigenvalue weighted by Crippen LogP contribution is 2.26. The van der Waals surface area contributed by atoms with Crippen LogP contribution in [0.15, 0.2) is 63.9 Å². The molecule has 0 unspecified atom stereocenters. The van der Waals surface area contributed by atoms with E-state index in [1.165, 1.54) is 4.68 Å². The summed E-state index contributed by atoms with van der Waals surface area (Å²) in [5, 5.41) is 9.62. The van der Waals surface area contributed by atoms with E-state index in [-0.39, 0.29) is 24.4 Å². The fourth-order valence-corrected chi connectivity index (χ4v) is 4.41. The van der Waals surface area contributed by atoms with Crippen LogP contribution >= 0.6 is 11.6 Å². The van der Waals surface area contributed by atoms with E-state index >= 15 is 0 Å². The van der Waals surface area contributed by atoms with Gasteiger partial charge in [0.1, 0.15) is 11.1 Å². The lowest BCUT2D eigenvalue weighted by Gasteiger charge is -2.36. The maximum Gasteiger partial charge on any atom is 0.279 e. The van der Waals surface area contributed by atoms with Gasteiger partial charge < -0.3 is 14.3 Å². The average Bonchev–Trinajstić information content (AvgIpc) is 3.26. The number of hydrogen-bond acceptors (Lipinski definition) is 6. The van der Waals surface area contributed by atoms with Crippen molar-refractivity contribution in [2.24, 2.45) is 0 Å². The largest absolute Gasteiger partial charge is 0.368 e. The van der Waals surface area contributed by atoms with Gasteiger partial charge in [-0.1, -0.05) is 47.1 Å². The van der Waals surface area contributed by atoms with Crippen molar-refractivity contribution < 1.29 is 9.32 Å². The molecule has 9 heteroatoms. The number of aromatic nitrogens is 3. The van der Waals surface area contributed by atoms with E-state index in [9.17, 15) is 9.59 Å². The molecule has 0 aliphatic carbocycles. The van der Waals surface area contributed by atoms with E-state index in [4.69, 9.17) is 16.1 Å². The highest BCUT2D eigenvalue weighted by atomic mass is 35.5. The lowest BCUT2D eigenvalue weighted by molar-refractivity contribution is -0.131. The summed E-state index contributed by atoms with van der Waals surface area (Å²) in [7, 11) is 0. The number of aryl methyl sites for hydroxylation is 2. The zero-order valence-electron chi connectivity index (χ0n) is 18.8. The lowest BCUT2D eigenvalue weighted by atomic mass is 10.1. The van der Waals surface area contributed by atoms with E-state index in [0.29, 0.717) is 40.5 Å². The van der Waals surface area contributed by atoms with Gasteiger partial charge in [-0.05, 0) is 31.2 Å². The fourth-order valence-electron chi connectivity index (χ4n) is 4.29. The predicted octanol–water partition coefficient (Wildman–Crippen LogP) is 3.75. The van der Waals surface area contributed by atoms with Gasteiger partial charge in [0.25, 0.3) is 5.56 Å². The van der Waals surface area contributed by atoms with Gasteiger partial charge in [-0.2, -0.15) is 5.10 Å². The Morgan fingerprint density at radius 1 is 1.03 bits per heavy atom. The molecule has 0 atom stereocenters. The van der Waals surface area contributed by atoms with Crippen molar-refractivity contribution in [3.8, 4) is 11.3 Å². The van der Waals surface area contributed by atoms with Crippen LogP contribution in [0.2, 0.25) is 5.02 Å². The highest BCUT2D eigenvalue weighted by Gasteiger charge is 2.23. The maximum atomic E-state index is 13.1. The van der Waals surface area contributed by atoms with Crippen LogP contribution in [0.5, 0.6) is 0 Å². The van der Waals surface area contributed by atoms with Gasteiger partial charge in [-0.25, -0.2) is 4.68 Å². The first-order chi connectivity index (χ1) is 16.5. The van der Waals surface area contributed by atoms with E-state index in [1.807, 2.05) is 59.5 Å². The van der Waals surface area contributed by atoms with Crippen molar-refractivity contribution in [3.05, 3.63) is 75.7 Å². The predicted molar refractivity (Wildman–Crippen MR) is 131 cm³/mol. The first-order valence-electron chi connectivity index (χ1n) is 11.2. The number of carbonyl (C=O) groups is 1. The number of benzene rings is 2. The maximum absolute atomic E-state index is 13.1. The monoisotopic (exact) mass is 477 g/mol. The first kappa shape index (κ1) is 22.2. The molecule has 1 fully saturated rings. The second kappa shape index (κ2) is 9.30. The van der Waals surface area contributed by atoms with E-state index < -0.39 is 0 Å². The third-order valence-electron chi connectivity index (χ3n) is 6.16. The molecule has 3 heterocycles. The molecule has 2 aromatic heterocycles. The molecule has 0 radical (unpaired) electrons. The van der Waals surface area contributed by atoms with Gasteiger partial charge in [-0.3, -0.25) is 9.59 Å². The standard InChI is InChI=1S/C25H24ClN5O3/c1-17-22-24(34-28-17)23(18-5-3-2-4-6-18)27-31(25(22)33)12-11-21(32)30-15-13-29(14-16-30)20-9-7-19(26)8-10-20/h2-10H,11-16H2,1H3. The van der Waals surface area contributed by atoms with Gasteiger partial charge in [0.15, 0.2) is 0 Å². The Balaban J connectivity index is 1.30. The van der Waals surface area contributed by atoms with Gasteiger partial charge >= 0.3 is 0 Å². The van der Waals surface area contributed by atoms with Crippen molar-refractivity contribution in [2.45, 2.75) is 19.9 Å². The molecule has 2 aromatic carbocycles. The summed E-state index contributed by atoms with van der Waals surface area (Å²) in [5.41, 5.74) is 3.04. The number of amides is 1. The van der Waals surface area contributed by atoms with Gasteiger partial charge in [0, 0.05) is 48.9 Å². The highest BCUT2D eigenvalue weighted by molar-refractivity contribution is 6.30.